The average molecular weight is 431 g/mol. The van der Waals surface area contributed by atoms with E-state index in [1.165, 1.54) is 0 Å². The summed E-state index contributed by atoms with van der Waals surface area (Å²) in [7, 11) is -3.50. The van der Waals surface area contributed by atoms with Crippen LogP contribution < -0.4 is 10.5 Å². The van der Waals surface area contributed by atoms with Gasteiger partial charge < -0.3 is 5.73 Å². The van der Waals surface area contributed by atoms with Crippen LogP contribution in [0.15, 0.2) is 60.7 Å². The Morgan fingerprint density at radius 2 is 1.33 bits per heavy atom. The Morgan fingerprint density at radius 1 is 0.800 bits per heavy atom. The summed E-state index contributed by atoms with van der Waals surface area (Å²) in [6.07, 6.45) is 2.88. The number of rotatable bonds is 12. The molecule has 2 rings (SSSR count). The van der Waals surface area contributed by atoms with Gasteiger partial charge in [0.05, 0.1) is 17.8 Å². The maximum absolute atomic E-state index is 13.2. The molecule has 3 N–H and O–H groups in total. The number of hydrogen-bond donors (Lipinski definition) is 2. The summed E-state index contributed by atoms with van der Waals surface area (Å²) in [6.45, 7) is 8.67. The molecular formula is C25H38N2O2S. The molecule has 0 saturated carbocycles. The van der Waals surface area contributed by atoms with E-state index in [-0.39, 0.29) is 11.7 Å². The third-order valence-electron chi connectivity index (χ3n) is 5.42. The van der Waals surface area contributed by atoms with Crippen LogP contribution in [0.2, 0.25) is 0 Å². The largest absolute Gasteiger partial charge is 0.322 e. The van der Waals surface area contributed by atoms with Crippen molar-refractivity contribution in [1.29, 1.82) is 0 Å². The smallest absolute Gasteiger partial charge is 0.212 e. The highest BCUT2D eigenvalue weighted by Crippen LogP contribution is 2.29. The van der Waals surface area contributed by atoms with Gasteiger partial charge in [0, 0.05) is 0 Å². The minimum Gasteiger partial charge on any atom is -0.322 e. The van der Waals surface area contributed by atoms with Crippen LogP contribution in [0.1, 0.15) is 70.2 Å². The maximum Gasteiger partial charge on any atom is 0.212 e. The molecule has 0 aliphatic heterocycles. The van der Waals surface area contributed by atoms with Crippen molar-refractivity contribution in [2.75, 3.05) is 5.75 Å². The van der Waals surface area contributed by atoms with E-state index in [0.717, 1.165) is 30.4 Å². The number of hydrogen-bond acceptors (Lipinski definition) is 3. The molecule has 3 atom stereocenters. The lowest BCUT2D eigenvalue weighted by Crippen LogP contribution is -2.38. The fourth-order valence-corrected chi connectivity index (χ4v) is 5.62. The lowest BCUT2D eigenvalue weighted by atomic mass is 9.92. The van der Waals surface area contributed by atoms with Crippen molar-refractivity contribution in [1.82, 2.24) is 4.72 Å². The van der Waals surface area contributed by atoms with Gasteiger partial charge in [-0.2, -0.15) is 0 Å². The number of nitrogens with one attached hydrogen (secondary N) is 1. The molecule has 0 aromatic heterocycles. The lowest BCUT2D eigenvalue weighted by Gasteiger charge is -2.27. The molecule has 0 aliphatic rings. The molecule has 166 valence electrons. The van der Waals surface area contributed by atoms with E-state index < -0.39 is 22.1 Å². The second-order valence-electron chi connectivity index (χ2n) is 9.19. The van der Waals surface area contributed by atoms with E-state index in [4.69, 9.17) is 5.73 Å². The fraction of sp³-hybridized carbons (Fsp3) is 0.520. The highest BCUT2D eigenvalue weighted by molar-refractivity contribution is 7.89. The molecule has 30 heavy (non-hydrogen) atoms. The van der Waals surface area contributed by atoms with Crippen molar-refractivity contribution in [3.8, 4) is 0 Å². The Balaban J connectivity index is 2.24. The van der Waals surface area contributed by atoms with E-state index in [1.807, 2.05) is 60.7 Å². The third kappa shape index (κ3) is 8.21. The Labute approximate surface area is 183 Å². The van der Waals surface area contributed by atoms with Gasteiger partial charge in [-0.1, -0.05) is 94.8 Å². The summed E-state index contributed by atoms with van der Waals surface area (Å²) in [4.78, 5) is 0. The summed E-state index contributed by atoms with van der Waals surface area (Å²) in [5.41, 5.74) is 8.35. The predicted octanol–water partition coefficient (Wildman–Crippen LogP) is 5.45. The molecule has 3 unspecified atom stereocenters. The van der Waals surface area contributed by atoms with Crippen LogP contribution in [-0.2, 0) is 10.0 Å². The third-order valence-corrected chi connectivity index (χ3v) is 6.94. The van der Waals surface area contributed by atoms with Gasteiger partial charge in [-0.15, -0.1) is 0 Å². The van der Waals surface area contributed by atoms with Crippen molar-refractivity contribution in [2.45, 2.75) is 59.0 Å². The van der Waals surface area contributed by atoms with Crippen molar-refractivity contribution in [2.24, 2.45) is 23.5 Å². The van der Waals surface area contributed by atoms with Gasteiger partial charge in [-0.3, -0.25) is 0 Å². The molecule has 0 saturated heterocycles. The summed E-state index contributed by atoms with van der Waals surface area (Å²) >= 11 is 0. The van der Waals surface area contributed by atoms with Crippen LogP contribution >= 0.6 is 0 Å². The summed E-state index contributed by atoms with van der Waals surface area (Å²) in [6, 6.07) is 18.3. The Bertz CT molecular complexity index is 836. The summed E-state index contributed by atoms with van der Waals surface area (Å²) < 4.78 is 29.4. The number of benzene rings is 2. The topological polar surface area (TPSA) is 72.2 Å². The highest BCUT2D eigenvalue weighted by atomic mass is 32.2. The Kier molecular flexibility index (Phi) is 9.53. The zero-order chi connectivity index (χ0) is 22.1. The number of sulfonamides is 1. The van der Waals surface area contributed by atoms with Crippen LogP contribution in [0.25, 0.3) is 0 Å². The fourth-order valence-electron chi connectivity index (χ4n) is 3.93. The minimum atomic E-state index is -3.50. The quantitative estimate of drug-likeness (QED) is 0.470. The van der Waals surface area contributed by atoms with Crippen LogP contribution in [0, 0.1) is 17.8 Å². The molecule has 0 amide bonds. The van der Waals surface area contributed by atoms with Crippen molar-refractivity contribution in [3.05, 3.63) is 71.8 Å². The van der Waals surface area contributed by atoms with Crippen molar-refractivity contribution in [3.63, 3.8) is 0 Å². The summed E-state index contributed by atoms with van der Waals surface area (Å²) in [5.74, 6) is 1.32. The maximum atomic E-state index is 13.2. The zero-order valence-electron chi connectivity index (χ0n) is 18.8. The van der Waals surface area contributed by atoms with Gasteiger partial charge in [0.25, 0.3) is 0 Å². The first kappa shape index (κ1) is 24.6. The molecule has 2 aromatic rings. The van der Waals surface area contributed by atoms with Crippen molar-refractivity contribution < 1.29 is 8.42 Å². The van der Waals surface area contributed by atoms with Crippen molar-refractivity contribution >= 4 is 10.0 Å². The SMILES string of the molecule is CC(C)CCC(CC(C)C)CS(=O)(=O)NC(c1ccccc1)C(N)c1ccccc1. The van der Waals surface area contributed by atoms with E-state index in [1.54, 1.807) is 0 Å². The monoisotopic (exact) mass is 430 g/mol. The molecular weight excluding hydrogens is 392 g/mol. The lowest BCUT2D eigenvalue weighted by molar-refractivity contribution is 0.378. The normalized spacial score (nSPS) is 15.3. The van der Waals surface area contributed by atoms with Gasteiger partial charge in [0.2, 0.25) is 10.0 Å². The first-order chi connectivity index (χ1) is 14.2. The molecule has 2 aromatic carbocycles. The van der Waals surface area contributed by atoms with Crippen LogP contribution in [0.3, 0.4) is 0 Å². The van der Waals surface area contributed by atoms with Crippen LogP contribution in [0.4, 0.5) is 0 Å². The zero-order valence-corrected chi connectivity index (χ0v) is 19.6. The predicted molar refractivity (Wildman–Crippen MR) is 126 cm³/mol. The second-order valence-corrected chi connectivity index (χ2v) is 11.0. The standard InChI is InChI=1S/C25H38N2O2S/c1-19(2)15-16-21(17-20(3)4)18-30(28,29)27-25(23-13-9-6-10-14-23)24(26)22-11-7-5-8-12-22/h5-14,19-21,24-25,27H,15-18,26H2,1-4H3. The van der Waals surface area contributed by atoms with Gasteiger partial charge in [0.1, 0.15) is 0 Å². The Hall–Kier alpha value is -1.69. The molecule has 0 radical (unpaired) electrons. The molecule has 0 heterocycles. The summed E-state index contributed by atoms with van der Waals surface area (Å²) in [5, 5.41) is 0. The molecule has 0 fully saturated rings. The van der Waals surface area contributed by atoms with Gasteiger partial charge in [-0.05, 0) is 41.7 Å². The van der Waals surface area contributed by atoms with E-state index in [2.05, 4.69) is 32.4 Å². The van der Waals surface area contributed by atoms with Gasteiger partial charge in [-0.25, -0.2) is 13.1 Å². The van der Waals surface area contributed by atoms with Crippen LogP contribution in [0.5, 0.6) is 0 Å². The molecule has 5 heteroatoms. The number of nitrogens with two attached hydrogens (primary N) is 1. The highest BCUT2D eigenvalue weighted by Gasteiger charge is 2.28. The Morgan fingerprint density at radius 3 is 1.83 bits per heavy atom. The molecule has 0 spiro atoms. The minimum absolute atomic E-state index is 0.142. The average Bonchev–Trinajstić information content (AvgIpc) is 2.70. The van der Waals surface area contributed by atoms with E-state index in [0.29, 0.717) is 11.8 Å². The van der Waals surface area contributed by atoms with E-state index in [9.17, 15) is 8.42 Å². The first-order valence-electron chi connectivity index (χ1n) is 11.0. The van der Waals surface area contributed by atoms with Gasteiger partial charge in [0.15, 0.2) is 0 Å². The van der Waals surface area contributed by atoms with E-state index >= 15 is 0 Å². The second kappa shape index (κ2) is 11.6. The van der Waals surface area contributed by atoms with Crippen LogP contribution in [-0.4, -0.2) is 14.2 Å². The first-order valence-corrected chi connectivity index (χ1v) is 12.7. The molecule has 4 nitrogen and oxygen atoms in total. The molecule has 0 bridgehead atoms. The van der Waals surface area contributed by atoms with Gasteiger partial charge >= 0.3 is 0 Å². The molecule has 0 aliphatic carbocycles.